The molecule has 2 heterocycles. The molecule has 1 aliphatic heterocycles. The van der Waals surface area contributed by atoms with E-state index < -0.39 is 0 Å². The maximum atomic E-state index is 4.63. The predicted molar refractivity (Wildman–Crippen MR) is 122 cm³/mol. The Bertz CT molecular complexity index is 1120. The van der Waals surface area contributed by atoms with Gasteiger partial charge in [0.15, 0.2) is 0 Å². The molecule has 1 aliphatic carbocycles. The van der Waals surface area contributed by atoms with Gasteiger partial charge in [0.05, 0.1) is 0 Å². The SMILES string of the molecule is C1=NC(CCCn2c(CC3=CCc4ccccc43)nnc2Cc2ccccc2)=CC1. The first kappa shape index (κ1) is 18.7. The second kappa shape index (κ2) is 8.62. The number of benzene rings is 2. The minimum absolute atomic E-state index is 0.810. The molecule has 4 heteroatoms. The number of aromatic nitrogens is 3. The van der Waals surface area contributed by atoms with Gasteiger partial charge in [-0.2, -0.15) is 0 Å². The Kier molecular flexibility index (Phi) is 5.38. The summed E-state index contributed by atoms with van der Waals surface area (Å²) in [5.41, 5.74) is 6.62. The molecular formula is C26H26N4. The summed E-state index contributed by atoms with van der Waals surface area (Å²) in [4.78, 5) is 4.46. The van der Waals surface area contributed by atoms with Crippen molar-refractivity contribution in [3.05, 3.63) is 101 Å². The molecule has 150 valence electrons. The van der Waals surface area contributed by atoms with Gasteiger partial charge in [0, 0.05) is 37.7 Å². The Labute approximate surface area is 177 Å². The summed E-state index contributed by atoms with van der Waals surface area (Å²) in [5, 5.41) is 9.23. The van der Waals surface area contributed by atoms with Crippen molar-refractivity contribution in [1.29, 1.82) is 0 Å². The zero-order valence-electron chi connectivity index (χ0n) is 17.2. The molecule has 3 aromatic rings. The van der Waals surface area contributed by atoms with Crippen LogP contribution in [0.3, 0.4) is 0 Å². The largest absolute Gasteiger partial charge is 0.314 e. The Morgan fingerprint density at radius 3 is 2.47 bits per heavy atom. The number of hydrogen-bond acceptors (Lipinski definition) is 3. The van der Waals surface area contributed by atoms with E-state index in [9.17, 15) is 0 Å². The van der Waals surface area contributed by atoms with Crippen LogP contribution in [0.15, 0.2) is 77.4 Å². The monoisotopic (exact) mass is 394 g/mol. The molecule has 0 saturated heterocycles. The number of aliphatic imine (C=N–C) groups is 1. The molecule has 0 saturated carbocycles. The van der Waals surface area contributed by atoms with Crippen LogP contribution in [0.4, 0.5) is 0 Å². The summed E-state index contributed by atoms with van der Waals surface area (Å²) in [6.07, 6.45) is 12.2. The van der Waals surface area contributed by atoms with Crippen molar-refractivity contribution in [1.82, 2.24) is 14.8 Å². The molecule has 0 bridgehead atoms. The fourth-order valence-electron chi connectivity index (χ4n) is 4.36. The van der Waals surface area contributed by atoms with Gasteiger partial charge in [-0.15, -0.1) is 10.2 Å². The molecule has 0 atom stereocenters. The maximum absolute atomic E-state index is 4.63. The van der Waals surface area contributed by atoms with E-state index in [-0.39, 0.29) is 0 Å². The highest BCUT2D eigenvalue weighted by Gasteiger charge is 2.19. The number of fused-ring (bicyclic) bond motifs is 1. The lowest BCUT2D eigenvalue weighted by Gasteiger charge is -2.12. The summed E-state index contributed by atoms with van der Waals surface area (Å²) >= 11 is 0. The van der Waals surface area contributed by atoms with Crippen molar-refractivity contribution in [2.75, 3.05) is 0 Å². The van der Waals surface area contributed by atoms with Gasteiger partial charge in [0.25, 0.3) is 0 Å². The molecule has 5 rings (SSSR count). The molecule has 0 unspecified atom stereocenters. The lowest BCUT2D eigenvalue weighted by molar-refractivity contribution is 0.596. The molecule has 0 radical (unpaired) electrons. The zero-order valence-corrected chi connectivity index (χ0v) is 17.2. The van der Waals surface area contributed by atoms with E-state index in [2.05, 4.69) is 86.5 Å². The number of nitrogens with zero attached hydrogens (tertiary/aromatic N) is 4. The van der Waals surface area contributed by atoms with Gasteiger partial charge in [0.1, 0.15) is 11.6 Å². The molecule has 0 amide bonds. The Hall–Kier alpha value is -3.27. The Morgan fingerprint density at radius 1 is 0.833 bits per heavy atom. The molecule has 2 aromatic carbocycles. The molecule has 2 aliphatic rings. The van der Waals surface area contributed by atoms with Crippen molar-refractivity contribution in [3.63, 3.8) is 0 Å². The van der Waals surface area contributed by atoms with E-state index in [0.717, 1.165) is 56.7 Å². The van der Waals surface area contributed by atoms with Crippen LogP contribution in [0.2, 0.25) is 0 Å². The standard InChI is InChI=1S/C26H26N4/c1-2-8-20(9-3-1)18-25-28-29-26(30(25)17-7-12-23-11-6-16-27-23)19-22-15-14-21-10-4-5-13-24(21)22/h1-5,8-11,13,15-16H,6-7,12,14,17-19H2. The second-order valence-corrected chi connectivity index (χ2v) is 7.96. The van der Waals surface area contributed by atoms with E-state index in [1.54, 1.807) is 0 Å². The summed E-state index contributed by atoms with van der Waals surface area (Å²) in [7, 11) is 0. The van der Waals surface area contributed by atoms with Crippen molar-refractivity contribution in [2.24, 2.45) is 4.99 Å². The topological polar surface area (TPSA) is 43.1 Å². The summed E-state index contributed by atoms with van der Waals surface area (Å²) in [6.45, 7) is 0.923. The van der Waals surface area contributed by atoms with Gasteiger partial charge in [-0.25, -0.2) is 0 Å². The van der Waals surface area contributed by atoms with Gasteiger partial charge >= 0.3 is 0 Å². The van der Waals surface area contributed by atoms with Gasteiger partial charge < -0.3 is 4.57 Å². The second-order valence-electron chi connectivity index (χ2n) is 7.96. The molecule has 4 nitrogen and oxygen atoms in total. The third-order valence-corrected chi connectivity index (χ3v) is 5.92. The molecule has 0 spiro atoms. The zero-order chi connectivity index (χ0) is 20.2. The number of hydrogen-bond donors (Lipinski definition) is 0. The minimum atomic E-state index is 0.810. The molecule has 0 N–H and O–H groups in total. The third-order valence-electron chi connectivity index (χ3n) is 5.92. The lowest BCUT2D eigenvalue weighted by atomic mass is 10.0. The van der Waals surface area contributed by atoms with Crippen LogP contribution in [0.25, 0.3) is 5.57 Å². The van der Waals surface area contributed by atoms with Crippen LogP contribution >= 0.6 is 0 Å². The number of allylic oxidation sites excluding steroid dienone is 4. The summed E-state index contributed by atoms with van der Waals surface area (Å²) in [5.74, 6) is 2.11. The average Bonchev–Trinajstić information content (AvgIpc) is 3.52. The van der Waals surface area contributed by atoms with E-state index in [0.29, 0.717) is 0 Å². The quantitative estimate of drug-likeness (QED) is 0.528. The van der Waals surface area contributed by atoms with Gasteiger partial charge in [-0.05, 0) is 41.5 Å². The highest BCUT2D eigenvalue weighted by molar-refractivity contribution is 5.74. The van der Waals surface area contributed by atoms with Crippen LogP contribution in [0, 0.1) is 0 Å². The van der Waals surface area contributed by atoms with Crippen molar-refractivity contribution < 1.29 is 0 Å². The van der Waals surface area contributed by atoms with Crippen molar-refractivity contribution in [2.45, 2.75) is 45.1 Å². The molecule has 0 fully saturated rings. The van der Waals surface area contributed by atoms with Crippen molar-refractivity contribution >= 4 is 11.8 Å². The first-order chi connectivity index (χ1) is 14.9. The molecule has 30 heavy (non-hydrogen) atoms. The molecular weight excluding hydrogens is 368 g/mol. The minimum Gasteiger partial charge on any atom is -0.314 e. The Balaban J connectivity index is 1.38. The van der Waals surface area contributed by atoms with Gasteiger partial charge in [-0.3, -0.25) is 4.99 Å². The van der Waals surface area contributed by atoms with Gasteiger partial charge in [0.2, 0.25) is 0 Å². The van der Waals surface area contributed by atoms with E-state index in [4.69, 9.17) is 0 Å². The highest BCUT2D eigenvalue weighted by atomic mass is 15.3. The van der Waals surface area contributed by atoms with Crippen LogP contribution in [0.5, 0.6) is 0 Å². The van der Waals surface area contributed by atoms with Crippen LogP contribution < -0.4 is 0 Å². The van der Waals surface area contributed by atoms with E-state index in [1.807, 2.05) is 6.21 Å². The van der Waals surface area contributed by atoms with Crippen LogP contribution in [0.1, 0.15) is 47.6 Å². The van der Waals surface area contributed by atoms with E-state index >= 15 is 0 Å². The number of rotatable bonds is 8. The van der Waals surface area contributed by atoms with Gasteiger partial charge in [-0.1, -0.05) is 66.7 Å². The summed E-state index contributed by atoms with van der Waals surface area (Å²) in [6, 6.07) is 19.2. The normalized spacial score (nSPS) is 14.7. The lowest BCUT2D eigenvalue weighted by Crippen LogP contribution is -2.09. The van der Waals surface area contributed by atoms with Crippen LogP contribution in [-0.4, -0.2) is 21.0 Å². The fourth-order valence-corrected chi connectivity index (χ4v) is 4.36. The smallest absolute Gasteiger partial charge is 0.137 e. The first-order valence-electron chi connectivity index (χ1n) is 10.8. The third kappa shape index (κ3) is 4.04. The Morgan fingerprint density at radius 2 is 1.63 bits per heavy atom. The maximum Gasteiger partial charge on any atom is 0.137 e. The molecule has 1 aromatic heterocycles. The predicted octanol–water partition coefficient (Wildman–Crippen LogP) is 5.19. The van der Waals surface area contributed by atoms with E-state index in [1.165, 1.54) is 28.0 Å². The fraction of sp³-hybridized carbons (Fsp3) is 0.269. The summed E-state index contributed by atoms with van der Waals surface area (Å²) < 4.78 is 2.34. The van der Waals surface area contributed by atoms with Crippen molar-refractivity contribution in [3.8, 4) is 0 Å². The first-order valence-corrected chi connectivity index (χ1v) is 10.8. The highest BCUT2D eigenvalue weighted by Crippen LogP contribution is 2.30. The average molecular weight is 395 g/mol. The van der Waals surface area contributed by atoms with Crippen LogP contribution in [-0.2, 0) is 25.8 Å².